The fourth-order valence-electron chi connectivity index (χ4n) is 7.21. The van der Waals surface area contributed by atoms with Gasteiger partial charge < -0.3 is 34.3 Å². The monoisotopic (exact) mass is 951 g/mol. The van der Waals surface area contributed by atoms with E-state index in [9.17, 15) is 33.1 Å². The second-order valence-corrected chi connectivity index (χ2v) is 18.1. The summed E-state index contributed by atoms with van der Waals surface area (Å²) in [4.78, 5) is 12.9. The van der Waals surface area contributed by atoms with Crippen molar-refractivity contribution >= 4 is 16.4 Å². The minimum Gasteiger partial charge on any atom is -0.457 e. The summed E-state index contributed by atoms with van der Waals surface area (Å²) >= 11 is 0. The second kappa shape index (κ2) is 43.6. The highest BCUT2D eigenvalue weighted by atomic mass is 32.3. The summed E-state index contributed by atoms with van der Waals surface area (Å²) in [5.41, 5.74) is 0. The molecular formula is C53H90O12S. The third-order valence-electron chi connectivity index (χ3n) is 11.0. The van der Waals surface area contributed by atoms with Gasteiger partial charge in [0.05, 0.1) is 19.8 Å². The Balaban J connectivity index is 2.33. The van der Waals surface area contributed by atoms with Crippen LogP contribution in [-0.2, 0) is 38.3 Å². The van der Waals surface area contributed by atoms with Gasteiger partial charge in [0.2, 0.25) is 0 Å². The maximum Gasteiger partial charge on any atom is 0.397 e. The van der Waals surface area contributed by atoms with Crippen LogP contribution in [0.2, 0.25) is 0 Å². The first-order chi connectivity index (χ1) is 32.1. The minimum absolute atomic E-state index is 0.0224. The molecule has 1 fully saturated rings. The first kappa shape index (κ1) is 61.3. The van der Waals surface area contributed by atoms with Gasteiger partial charge in [0.15, 0.2) is 6.29 Å². The Morgan fingerprint density at radius 1 is 0.591 bits per heavy atom. The summed E-state index contributed by atoms with van der Waals surface area (Å²) in [7, 11) is -5.07. The van der Waals surface area contributed by atoms with Gasteiger partial charge in [0.25, 0.3) is 0 Å². The zero-order chi connectivity index (χ0) is 48.2. The van der Waals surface area contributed by atoms with Gasteiger partial charge in [-0.25, -0.2) is 4.18 Å². The molecule has 4 N–H and O–H groups in total. The van der Waals surface area contributed by atoms with Crippen LogP contribution in [0.15, 0.2) is 85.1 Å². The predicted octanol–water partition coefficient (Wildman–Crippen LogP) is 11.6. The number of carbonyl (C=O) groups excluding carboxylic acids is 1. The van der Waals surface area contributed by atoms with Gasteiger partial charge in [-0.15, -0.1) is 0 Å². The number of esters is 1. The number of unbranched alkanes of at least 4 members (excludes halogenated alkanes) is 16. The standard InChI is InChI=1S/C53H90O12S/c1-3-5-7-9-11-13-15-17-18-19-20-21-22-23-24-25-26-27-28-29-31-33-35-37-39-41-43-61-45-47(46-62-53-51(57)52(65-66(58,59)60)50(56)48(44-54)64-53)63-49(55)42-40-38-36-34-32-30-16-14-12-10-8-6-4-2/h5,7-8,10-11,13-14,16-18,20-21,23-24,47-48,50-54,56-57H,3-4,6,9,12,15,19,22,25-46H2,1-2H3,(H,58,59,60)/b7-5-,10-8-,13-11-,16-14-,18-17-,21-20-,24-23-. The summed E-state index contributed by atoms with van der Waals surface area (Å²) in [6, 6.07) is 0. The van der Waals surface area contributed by atoms with E-state index in [1.165, 1.54) is 44.9 Å². The Bertz CT molecular complexity index is 1470. The zero-order valence-corrected chi connectivity index (χ0v) is 41.5. The summed E-state index contributed by atoms with van der Waals surface area (Å²) in [5, 5.41) is 30.7. The van der Waals surface area contributed by atoms with E-state index in [1.807, 2.05) is 0 Å². The highest BCUT2D eigenvalue weighted by molar-refractivity contribution is 7.80. The van der Waals surface area contributed by atoms with E-state index >= 15 is 0 Å². The van der Waals surface area contributed by atoms with Gasteiger partial charge >= 0.3 is 16.4 Å². The van der Waals surface area contributed by atoms with Crippen LogP contribution in [0.25, 0.3) is 0 Å². The number of ether oxygens (including phenoxy) is 4. The SMILES string of the molecule is CC/C=C\C/C=C\C/C=C\C/C=C\C/C=C\CCCCCCCCCCCCOCC(COC1OC(CO)C(O)C(OS(=O)(=O)O)C1O)OC(=O)CCCCCCC/C=C\C/C=C\CCC. The summed E-state index contributed by atoms with van der Waals surface area (Å²) in [5.74, 6) is -0.419. The normalized spacial score (nSPS) is 20.2. The van der Waals surface area contributed by atoms with Crippen LogP contribution < -0.4 is 0 Å². The summed E-state index contributed by atoms with van der Waals surface area (Å²) in [6.45, 7) is 3.77. The Morgan fingerprint density at radius 3 is 1.53 bits per heavy atom. The van der Waals surface area contributed by atoms with Crippen molar-refractivity contribution in [3.05, 3.63) is 85.1 Å². The average molecular weight is 951 g/mol. The number of aliphatic hydroxyl groups is 3. The average Bonchev–Trinajstić information content (AvgIpc) is 3.29. The lowest BCUT2D eigenvalue weighted by molar-refractivity contribution is -0.301. The molecule has 12 nitrogen and oxygen atoms in total. The lowest BCUT2D eigenvalue weighted by atomic mass is 9.99. The van der Waals surface area contributed by atoms with Crippen molar-refractivity contribution in [3.63, 3.8) is 0 Å². The topological polar surface area (TPSA) is 178 Å². The lowest BCUT2D eigenvalue weighted by Gasteiger charge is -2.41. The Morgan fingerprint density at radius 2 is 1.05 bits per heavy atom. The highest BCUT2D eigenvalue weighted by Crippen LogP contribution is 2.26. The summed E-state index contributed by atoms with van der Waals surface area (Å²) in [6.07, 6.45) is 49.1. The Hall–Kier alpha value is -2.72. The predicted molar refractivity (Wildman–Crippen MR) is 266 cm³/mol. The van der Waals surface area contributed by atoms with Crippen molar-refractivity contribution in [1.29, 1.82) is 0 Å². The minimum atomic E-state index is -5.07. The van der Waals surface area contributed by atoms with Crippen molar-refractivity contribution in [2.24, 2.45) is 0 Å². The molecule has 6 unspecified atom stereocenters. The Kier molecular flexibility index (Phi) is 40.4. The lowest BCUT2D eigenvalue weighted by Crippen LogP contribution is -2.60. The molecule has 6 atom stereocenters. The number of hydrogen-bond donors (Lipinski definition) is 4. The van der Waals surface area contributed by atoms with Crippen LogP contribution >= 0.6 is 0 Å². The number of carbonyl (C=O) groups is 1. The van der Waals surface area contributed by atoms with Crippen molar-refractivity contribution in [1.82, 2.24) is 0 Å². The third kappa shape index (κ3) is 36.3. The smallest absolute Gasteiger partial charge is 0.397 e. The van der Waals surface area contributed by atoms with Crippen LogP contribution in [-0.4, -0.2) is 97.5 Å². The van der Waals surface area contributed by atoms with Gasteiger partial charge in [-0.1, -0.05) is 176 Å². The van der Waals surface area contributed by atoms with Crippen LogP contribution in [0.4, 0.5) is 0 Å². The maximum atomic E-state index is 12.9. The molecule has 0 saturated carbocycles. The molecule has 0 aromatic carbocycles. The molecule has 0 aliphatic carbocycles. The molecule has 1 aliphatic rings. The molecule has 0 bridgehead atoms. The molecule has 1 rings (SSSR count). The van der Waals surface area contributed by atoms with Crippen molar-refractivity contribution in [2.45, 2.75) is 218 Å². The van der Waals surface area contributed by atoms with Crippen molar-refractivity contribution in [3.8, 4) is 0 Å². The zero-order valence-electron chi connectivity index (χ0n) is 40.7. The van der Waals surface area contributed by atoms with Gasteiger partial charge in [-0.05, 0) is 83.5 Å². The molecular weight excluding hydrogens is 861 g/mol. The summed E-state index contributed by atoms with van der Waals surface area (Å²) < 4.78 is 59.2. The maximum absolute atomic E-state index is 12.9. The molecule has 0 aromatic heterocycles. The first-order valence-electron chi connectivity index (χ1n) is 25.3. The molecule has 13 heteroatoms. The quantitative estimate of drug-likeness (QED) is 0.0197. The van der Waals surface area contributed by atoms with E-state index in [0.717, 1.165) is 109 Å². The number of hydrogen-bond acceptors (Lipinski definition) is 11. The number of aliphatic hydroxyl groups excluding tert-OH is 3. The molecule has 0 radical (unpaired) electrons. The van der Waals surface area contributed by atoms with Crippen LogP contribution in [0.1, 0.15) is 181 Å². The Labute approximate surface area is 400 Å². The molecule has 1 aliphatic heterocycles. The van der Waals surface area contributed by atoms with E-state index in [0.29, 0.717) is 13.0 Å². The van der Waals surface area contributed by atoms with Gasteiger partial charge in [-0.3, -0.25) is 9.35 Å². The highest BCUT2D eigenvalue weighted by Gasteiger charge is 2.48. The molecule has 0 aromatic rings. The fourth-order valence-corrected chi connectivity index (χ4v) is 7.72. The molecule has 0 amide bonds. The largest absolute Gasteiger partial charge is 0.457 e. The van der Waals surface area contributed by atoms with Crippen LogP contribution in [0.5, 0.6) is 0 Å². The number of allylic oxidation sites excluding steroid dienone is 14. The van der Waals surface area contributed by atoms with Crippen LogP contribution in [0.3, 0.4) is 0 Å². The number of rotatable bonds is 43. The molecule has 0 spiro atoms. The molecule has 1 heterocycles. The van der Waals surface area contributed by atoms with Crippen molar-refractivity contribution < 1.29 is 56.2 Å². The van der Waals surface area contributed by atoms with Gasteiger partial charge in [-0.2, -0.15) is 8.42 Å². The van der Waals surface area contributed by atoms with E-state index < -0.39 is 59.8 Å². The third-order valence-corrected chi connectivity index (χ3v) is 11.4. The van der Waals surface area contributed by atoms with Crippen LogP contribution in [0, 0.1) is 0 Å². The molecule has 66 heavy (non-hydrogen) atoms. The first-order valence-corrected chi connectivity index (χ1v) is 26.7. The van der Waals surface area contributed by atoms with E-state index in [1.54, 1.807) is 0 Å². The molecule has 1 saturated heterocycles. The van der Waals surface area contributed by atoms with Gasteiger partial charge in [0.1, 0.15) is 30.5 Å². The molecule has 380 valence electrons. The second-order valence-electron chi connectivity index (χ2n) is 17.0. The fraction of sp³-hybridized carbons (Fsp3) is 0.717. The van der Waals surface area contributed by atoms with E-state index in [2.05, 4.69) is 103 Å². The van der Waals surface area contributed by atoms with E-state index in [4.69, 9.17) is 18.9 Å². The van der Waals surface area contributed by atoms with E-state index in [-0.39, 0.29) is 19.6 Å². The van der Waals surface area contributed by atoms with Crippen molar-refractivity contribution in [2.75, 3.05) is 26.4 Å². The van der Waals surface area contributed by atoms with Gasteiger partial charge in [0, 0.05) is 13.0 Å².